The van der Waals surface area contributed by atoms with Crippen molar-refractivity contribution in [2.75, 3.05) is 12.3 Å². The average molecular weight is 369 g/mol. The van der Waals surface area contributed by atoms with E-state index in [1.165, 1.54) is 4.90 Å². The fraction of sp³-hybridized carbons (Fsp3) is 0.842. The Morgan fingerprint density at radius 2 is 1.80 bits per heavy atom. The molecule has 3 amide bonds. The van der Waals surface area contributed by atoms with Gasteiger partial charge < -0.3 is 5.32 Å². The van der Waals surface area contributed by atoms with Gasteiger partial charge in [0.25, 0.3) is 0 Å². The third-order valence-corrected chi connectivity index (χ3v) is 6.55. The van der Waals surface area contributed by atoms with Crippen LogP contribution in [0.25, 0.3) is 0 Å². The zero-order valence-corrected chi connectivity index (χ0v) is 16.7. The number of nitrogens with one attached hydrogen (secondary N) is 1. The largest absolute Gasteiger partial charge is 0.354 e. The number of imide groups is 1. The maximum atomic E-state index is 12.5. The van der Waals surface area contributed by atoms with Crippen LogP contribution in [0.5, 0.6) is 0 Å². The van der Waals surface area contributed by atoms with E-state index in [1.54, 1.807) is 11.8 Å². The van der Waals surface area contributed by atoms with E-state index in [0.717, 1.165) is 31.4 Å². The van der Waals surface area contributed by atoms with Gasteiger partial charge in [-0.3, -0.25) is 19.3 Å². The van der Waals surface area contributed by atoms with Gasteiger partial charge in [0, 0.05) is 24.9 Å². The molecule has 1 heterocycles. The fourth-order valence-electron chi connectivity index (χ4n) is 3.55. The molecule has 1 atom stereocenters. The Labute approximate surface area is 155 Å². The standard InChI is InChI=1S/C19H32N2O3S/c1-12(2)11-25-16-9-17(22)21(19(16)24)10-14-5-7-15(8-6-14)18(23)20-13(3)4/h12-16H,5-11H2,1-4H3,(H,20,23). The lowest BCUT2D eigenvalue weighted by molar-refractivity contribution is -0.139. The number of hydrogen-bond donors (Lipinski definition) is 1. The third kappa shape index (κ3) is 5.73. The minimum absolute atomic E-state index is 0.00433. The first-order valence-corrected chi connectivity index (χ1v) is 10.6. The molecule has 1 unspecified atom stereocenters. The van der Waals surface area contributed by atoms with E-state index >= 15 is 0 Å². The van der Waals surface area contributed by atoms with Crippen LogP contribution in [0.15, 0.2) is 0 Å². The summed E-state index contributed by atoms with van der Waals surface area (Å²) < 4.78 is 0. The van der Waals surface area contributed by atoms with Gasteiger partial charge >= 0.3 is 0 Å². The van der Waals surface area contributed by atoms with Crippen LogP contribution < -0.4 is 5.32 Å². The van der Waals surface area contributed by atoms with Gasteiger partial charge in [-0.1, -0.05) is 13.8 Å². The summed E-state index contributed by atoms with van der Waals surface area (Å²) in [7, 11) is 0. The molecule has 1 aliphatic carbocycles. The molecule has 0 spiro atoms. The van der Waals surface area contributed by atoms with E-state index in [4.69, 9.17) is 0 Å². The van der Waals surface area contributed by atoms with Crippen molar-refractivity contribution in [3.63, 3.8) is 0 Å². The topological polar surface area (TPSA) is 66.5 Å². The summed E-state index contributed by atoms with van der Waals surface area (Å²) in [6.45, 7) is 8.73. The molecule has 142 valence electrons. The molecule has 1 saturated carbocycles. The molecule has 2 rings (SSSR count). The van der Waals surface area contributed by atoms with Crippen LogP contribution in [0.4, 0.5) is 0 Å². The Morgan fingerprint density at radius 3 is 2.36 bits per heavy atom. The number of amides is 3. The first-order valence-electron chi connectivity index (χ1n) is 9.54. The van der Waals surface area contributed by atoms with Crippen LogP contribution >= 0.6 is 11.8 Å². The molecule has 0 aromatic heterocycles. The molecule has 0 radical (unpaired) electrons. The number of carbonyl (C=O) groups excluding carboxylic acids is 3. The maximum Gasteiger partial charge on any atom is 0.242 e. The van der Waals surface area contributed by atoms with E-state index in [2.05, 4.69) is 19.2 Å². The van der Waals surface area contributed by atoms with Gasteiger partial charge in [0.15, 0.2) is 0 Å². The molecule has 2 fully saturated rings. The first kappa shape index (κ1) is 20.3. The van der Waals surface area contributed by atoms with Gasteiger partial charge in [0.1, 0.15) is 0 Å². The Balaban J connectivity index is 1.80. The SMILES string of the molecule is CC(C)CSC1CC(=O)N(CC2CCC(C(=O)NC(C)C)CC2)C1=O. The lowest BCUT2D eigenvalue weighted by atomic mass is 9.81. The van der Waals surface area contributed by atoms with E-state index < -0.39 is 0 Å². The third-order valence-electron chi connectivity index (χ3n) is 4.92. The highest BCUT2D eigenvalue weighted by atomic mass is 32.2. The lowest BCUT2D eigenvalue weighted by Gasteiger charge is -2.30. The van der Waals surface area contributed by atoms with Crippen LogP contribution in [0.3, 0.4) is 0 Å². The normalized spacial score (nSPS) is 27.4. The lowest BCUT2D eigenvalue weighted by Crippen LogP contribution is -2.40. The van der Waals surface area contributed by atoms with Gasteiger partial charge in [0.2, 0.25) is 17.7 Å². The Kier molecular flexibility index (Phi) is 7.35. The minimum Gasteiger partial charge on any atom is -0.354 e. The summed E-state index contributed by atoms with van der Waals surface area (Å²) in [5.74, 6) is 1.97. The number of thioether (sulfide) groups is 1. The van der Waals surface area contributed by atoms with Gasteiger partial charge in [-0.2, -0.15) is 0 Å². The van der Waals surface area contributed by atoms with Crippen molar-refractivity contribution in [3.05, 3.63) is 0 Å². The smallest absolute Gasteiger partial charge is 0.242 e. The van der Waals surface area contributed by atoms with Gasteiger partial charge in [-0.25, -0.2) is 0 Å². The summed E-state index contributed by atoms with van der Waals surface area (Å²) in [5, 5.41) is 2.79. The number of nitrogens with zero attached hydrogens (tertiary/aromatic N) is 1. The highest BCUT2D eigenvalue weighted by molar-refractivity contribution is 8.00. The Bertz CT molecular complexity index is 499. The van der Waals surface area contributed by atoms with Crippen LogP contribution in [0.2, 0.25) is 0 Å². The molecule has 6 heteroatoms. The van der Waals surface area contributed by atoms with Crippen LogP contribution in [-0.4, -0.2) is 46.2 Å². The predicted octanol–water partition coefficient (Wildman–Crippen LogP) is 2.83. The van der Waals surface area contributed by atoms with Crippen molar-refractivity contribution in [3.8, 4) is 0 Å². The highest BCUT2D eigenvalue weighted by Crippen LogP contribution is 2.32. The average Bonchev–Trinajstić information content (AvgIpc) is 2.80. The van der Waals surface area contributed by atoms with Gasteiger partial charge in [-0.15, -0.1) is 11.8 Å². The summed E-state index contributed by atoms with van der Waals surface area (Å²) in [6, 6.07) is 0.172. The van der Waals surface area contributed by atoms with E-state index in [1.807, 2.05) is 13.8 Å². The molecule has 0 bridgehead atoms. The number of hydrogen-bond acceptors (Lipinski definition) is 4. The number of likely N-dealkylation sites (tertiary alicyclic amines) is 1. The molecular weight excluding hydrogens is 336 g/mol. The van der Waals surface area contributed by atoms with E-state index in [-0.39, 0.29) is 34.9 Å². The van der Waals surface area contributed by atoms with Crippen molar-refractivity contribution >= 4 is 29.5 Å². The van der Waals surface area contributed by atoms with E-state index in [9.17, 15) is 14.4 Å². The molecule has 2 aliphatic rings. The molecule has 0 aromatic carbocycles. The van der Waals surface area contributed by atoms with Crippen LogP contribution in [0, 0.1) is 17.8 Å². The highest BCUT2D eigenvalue weighted by Gasteiger charge is 2.40. The second-order valence-electron chi connectivity index (χ2n) is 8.14. The van der Waals surface area contributed by atoms with Crippen molar-refractivity contribution in [2.24, 2.45) is 17.8 Å². The van der Waals surface area contributed by atoms with Gasteiger partial charge in [0.05, 0.1) is 5.25 Å². The minimum atomic E-state index is -0.192. The molecule has 1 N–H and O–H groups in total. The zero-order valence-electron chi connectivity index (χ0n) is 15.9. The van der Waals surface area contributed by atoms with E-state index in [0.29, 0.717) is 24.8 Å². The van der Waals surface area contributed by atoms with Crippen molar-refractivity contribution in [2.45, 2.75) is 71.1 Å². The van der Waals surface area contributed by atoms with Crippen molar-refractivity contribution in [1.29, 1.82) is 0 Å². The summed E-state index contributed by atoms with van der Waals surface area (Å²) >= 11 is 1.61. The van der Waals surface area contributed by atoms with Gasteiger partial charge in [-0.05, 0) is 57.1 Å². The molecular formula is C19H32N2O3S. The summed E-state index contributed by atoms with van der Waals surface area (Å²) in [4.78, 5) is 38.3. The molecule has 1 aliphatic heterocycles. The maximum absolute atomic E-state index is 12.5. The second-order valence-corrected chi connectivity index (χ2v) is 9.38. The summed E-state index contributed by atoms with van der Waals surface area (Å²) in [5.41, 5.74) is 0. The number of rotatable bonds is 7. The molecule has 1 saturated heterocycles. The fourth-order valence-corrected chi connectivity index (χ4v) is 4.70. The molecule has 25 heavy (non-hydrogen) atoms. The van der Waals surface area contributed by atoms with Crippen LogP contribution in [-0.2, 0) is 14.4 Å². The van der Waals surface area contributed by atoms with Crippen LogP contribution in [0.1, 0.15) is 59.8 Å². The Hall–Kier alpha value is -1.04. The first-order chi connectivity index (χ1) is 11.8. The Morgan fingerprint density at radius 1 is 1.16 bits per heavy atom. The quantitative estimate of drug-likeness (QED) is 0.702. The predicted molar refractivity (Wildman–Crippen MR) is 101 cm³/mol. The molecule has 5 nitrogen and oxygen atoms in total. The second kappa shape index (κ2) is 9.06. The monoisotopic (exact) mass is 368 g/mol. The number of carbonyl (C=O) groups is 3. The van der Waals surface area contributed by atoms with Crippen molar-refractivity contribution in [1.82, 2.24) is 10.2 Å². The zero-order chi connectivity index (χ0) is 18.6. The summed E-state index contributed by atoms with van der Waals surface area (Å²) in [6.07, 6.45) is 3.88. The molecule has 0 aromatic rings. The van der Waals surface area contributed by atoms with Crippen molar-refractivity contribution < 1.29 is 14.4 Å².